The van der Waals surface area contributed by atoms with Crippen molar-refractivity contribution in [3.05, 3.63) is 71.0 Å². The average Bonchev–Trinajstić information content (AvgIpc) is 2.87. The molecule has 4 heterocycles. The van der Waals surface area contributed by atoms with Gasteiger partial charge in [-0.25, -0.2) is 9.97 Å². The molecule has 0 aliphatic rings. The Morgan fingerprint density at radius 1 is 1.06 bits per heavy atom. The van der Waals surface area contributed by atoms with Crippen LogP contribution in [-0.2, 0) is 17.8 Å². The summed E-state index contributed by atoms with van der Waals surface area (Å²) < 4.78 is 12.5. The number of nitrogens with one attached hydrogen (secondary N) is 1. The maximum absolute atomic E-state index is 13.3. The summed E-state index contributed by atoms with van der Waals surface area (Å²) in [5.41, 5.74) is 3.40. The van der Waals surface area contributed by atoms with E-state index in [4.69, 9.17) is 9.47 Å². The Balaban J connectivity index is 1.71. The highest BCUT2D eigenvalue weighted by atomic mass is 16.5. The van der Waals surface area contributed by atoms with Crippen LogP contribution in [0.5, 0.6) is 5.88 Å². The third-order valence-corrected chi connectivity index (χ3v) is 5.04. The van der Waals surface area contributed by atoms with Gasteiger partial charge in [-0.1, -0.05) is 13.0 Å². The Bertz CT molecular complexity index is 1260. The number of fused-ring (bicyclic) bond motifs is 1. The zero-order valence-corrected chi connectivity index (χ0v) is 18.7. The zero-order valence-electron chi connectivity index (χ0n) is 18.7. The Morgan fingerprint density at radius 3 is 2.70 bits per heavy atom. The highest BCUT2D eigenvalue weighted by Gasteiger charge is 2.13. The van der Waals surface area contributed by atoms with Crippen molar-refractivity contribution in [1.29, 1.82) is 0 Å². The van der Waals surface area contributed by atoms with Gasteiger partial charge < -0.3 is 19.4 Å². The second kappa shape index (κ2) is 10.6. The Kier molecular flexibility index (Phi) is 7.21. The smallest absolute Gasteiger partial charge is 0.293 e. The third kappa shape index (κ3) is 5.32. The molecule has 0 unspecified atom stereocenters. The third-order valence-electron chi connectivity index (χ3n) is 5.04. The van der Waals surface area contributed by atoms with Crippen molar-refractivity contribution >= 4 is 16.9 Å². The Morgan fingerprint density at radius 2 is 1.97 bits per heavy atom. The van der Waals surface area contributed by atoms with Crippen LogP contribution in [-0.4, -0.2) is 44.8 Å². The average molecular weight is 447 g/mol. The highest BCUT2D eigenvalue weighted by Crippen LogP contribution is 2.22. The molecular formula is C24H26N6O3. The van der Waals surface area contributed by atoms with E-state index in [0.717, 1.165) is 17.7 Å². The van der Waals surface area contributed by atoms with Crippen LogP contribution in [0, 0.1) is 0 Å². The number of rotatable bonds is 10. The predicted octanol–water partition coefficient (Wildman–Crippen LogP) is 3.30. The van der Waals surface area contributed by atoms with Crippen LogP contribution in [0.15, 0.2) is 59.8 Å². The van der Waals surface area contributed by atoms with Gasteiger partial charge in [-0.3, -0.25) is 14.8 Å². The van der Waals surface area contributed by atoms with Crippen LogP contribution in [0.4, 0.5) is 5.82 Å². The van der Waals surface area contributed by atoms with E-state index in [1.165, 1.54) is 0 Å². The van der Waals surface area contributed by atoms with E-state index in [-0.39, 0.29) is 11.4 Å². The molecule has 0 atom stereocenters. The van der Waals surface area contributed by atoms with Gasteiger partial charge in [-0.05, 0) is 30.7 Å². The van der Waals surface area contributed by atoms with Gasteiger partial charge in [0.25, 0.3) is 5.56 Å². The predicted molar refractivity (Wildman–Crippen MR) is 126 cm³/mol. The largest absolute Gasteiger partial charge is 0.481 e. The molecular weight excluding hydrogens is 420 g/mol. The molecule has 33 heavy (non-hydrogen) atoms. The zero-order chi connectivity index (χ0) is 23.0. The lowest BCUT2D eigenvalue weighted by Crippen LogP contribution is -2.27. The number of methoxy groups -OCH3 is 1. The molecule has 4 aromatic heterocycles. The minimum absolute atomic E-state index is 0.219. The Labute approximate surface area is 191 Å². The minimum atomic E-state index is -0.219. The second-order valence-electron chi connectivity index (χ2n) is 7.35. The van der Waals surface area contributed by atoms with Crippen molar-refractivity contribution in [3.8, 4) is 17.1 Å². The summed E-state index contributed by atoms with van der Waals surface area (Å²) in [6.07, 6.45) is 5.99. The number of nitrogens with zero attached hydrogens (tertiary/aromatic N) is 5. The lowest BCUT2D eigenvalue weighted by Gasteiger charge is -2.14. The lowest BCUT2D eigenvalue weighted by molar-refractivity contribution is 0.127. The second-order valence-corrected chi connectivity index (χ2v) is 7.35. The first-order chi connectivity index (χ1) is 16.2. The van der Waals surface area contributed by atoms with Gasteiger partial charge in [-0.2, -0.15) is 0 Å². The topological polar surface area (TPSA) is 104 Å². The lowest BCUT2D eigenvalue weighted by atomic mass is 10.2. The fraction of sp³-hybridized carbons (Fsp3) is 0.292. The molecule has 0 spiro atoms. The molecule has 0 saturated heterocycles. The summed E-state index contributed by atoms with van der Waals surface area (Å²) in [6.45, 7) is 3.92. The quantitative estimate of drug-likeness (QED) is 0.370. The summed E-state index contributed by atoms with van der Waals surface area (Å²) in [5, 5.41) is 3.12. The first-order valence-corrected chi connectivity index (χ1v) is 10.8. The van der Waals surface area contributed by atoms with E-state index < -0.39 is 0 Å². The maximum atomic E-state index is 13.3. The van der Waals surface area contributed by atoms with E-state index in [2.05, 4.69) is 32.2 Å². The van der Waals surface area contributed by atoms with Crippen molar-refractivity contribution in [2.24, 2.45) is 0 Å². The molecule has 0 aliphatic heterocycles. The number of hydrogen-bond donors (Lipinski definition) is 1. The number of aromatic nitrogens is 5. The highest BCUT2D eigenvalue weighted by molar-refractivity contribution is 5.80. The molecule has 0 saturated carbocycles. The molecule has 0 amide bonds. The van der Waals surface area contributed by atoms with Crippen molar-refractivity contribution in [3.63, 3.8) is 0 Å². The summed E-state index contributed by atoms with van der Waals surface area (Å²) >= 11 is 0. The number of hydrogen-bond acceptors (Lipinski definition) is 8. The molecule has 0 bridgehead atoms. The van der Waals surface area contributed by atoms with Crippen LogP contribution in [0.3, 0.4) is 0 Å². The van der Waals surface area contributed by atoms with Gasteiger partial charge in [0.05, 0.1) is 43.4 Å². The number of pyridine rings is 3. The van der Waals surface area contributed by atoms with Gasteiger partial charge in [0.1, 0.15) is 5.52 Å². The van der Waals surface area contributed by atoms with Gasteiger partial charge in [0, 0.05) is 37.2 Å². The van der Waals surface area contributed by atoms with E-state index in [0.29, 0.717) is 48.9 Å². The van der Waals surface area contributed by atoms with Crippen LogP contribution in [0.2, 0.25) is 0 Å². The fourth-order valence-electron chi connectivity index (χ4n) is 3.37. The summed E-state index contributed by atoms with van der Waals surface area (Å²) in [5.74, 6) is 0.777. The van der Waals surface area contributed by atoms with E-state index in [1.807, 2.05) is 30.3 Å². The van der Waals surface area contributed by atoms with Gasteiger partial charge in [0.2, 0.25) is 5.88 Å². The van der Waals surface area contributed by atoms with Crippen LogP contribution in [0.25, 0.3) is 22.3 Å². The maximum Gasteiger partial charge on any atom is 0.293 e. The van der Waals surface area contributed by atoms with Gasteiger partial charge >= 0.3 is 0 Å². The SMILES string of the molecule is CCCOCCn1c(=O)c(NCc2ccccn2)nc2cnc(-c3ccc(OC)nc3)cc21. The molecule has 170 valence electrons. The van der Waals surface area contributed by atoms with Crippen molar-refractivity contribution in [2.45, 2.75) is 26.4 Å². The molecule has 0 aliphatic carbocycles. The van der Waals surface area contributed by atoms with E-state index in [1.54, 1.807) is 36.3 Å². The summed E-state index contributed by atoms with van der Waals surface area (Å²) in [6, 6.07) is 11.2. The van der Waals surface area contributed by atoms with Gasteiger partial charge in [0.15, 0.2) is 5.82 Å². The Hall–Kier alpha value is -3.85. The summed E-state index contributed by atoms with van der Waals surface area (Å²) in [7, 11) is 1.57. The molecule has 9 nitrogen and oxygen atoms in total. The van der Waals surface area contributed by atoms with Crippen LogP contribution in [0.1, 0.15) is 19.0 Å². The molecule has 0 fully saturated rings. The van der Waals surface area contributed by atoms with Crippen LogP contribution >= 0.6 is 0 Å². The first kappa shape index (κ1) is 22.3. The molecule has 4 rings (SSSR count). The van der Waals surface area contributed by atoms with E-state index >= 15 is 0 Å². The molecule has 1 N–H and O–H groups in total. The van der Waals surface area contributed by atoms with Gasteiger partial charge in [-0.15, -0.1) is 0 Å². The summed E-state index contributed by atoms with van der Waals surface area (Å²) in [4.78, 5) is 30.9. The van der Waals surface area contributed by atoms with Crippen LogP contribution < -0.4 is 15.6 Å². The minimum Gasteiger partial charge on any atom is -0.481 e. The first-order valence-electron chi connectivity index (χ1n) is 10.8. The van der Waals surface area contributed by atoms with Crippen molar-refractivity contribution in [1.82, 2.24) is 24.5 Å². The molecule has 9 heteroatoms. The monoisotopic (exact) mass is 446 g/mol. The van der Waals surface area contributed by atoms with E-state index in [9.17, 15) is 4.79 Å². The molecule has 4 aromatic rings. The number of ether oxygens (including phenoxy) is 2. The molecule has 0 aromatic carbocycles. The molecule has 0 radical (unpaired) electrons. The van der Waals surface area contributed by atoms with Crippen molar-refractivity contribution in [2.75, 3.05) is 25.6 Å². The standard InChI is InChI=1S/C24H26N6O3/c1-3-11-33-12-10-30-21-13-19(17-7-8-22(32-2)27-14-17)26-16-20(21)29-23(24(30)31)28-15-18-6-4-5-9-25-18/h4-9,13-14,16H,3,10-12,15H2,1-2H3,(H,28,29). The fourth-order valence-corrected chi connectivity index (χ4v) is 3.37. The normalized spacial score (nSPS) is 11.0. The van der Waals surface area contributed by atoms with Crippen molar-refractivity contribution < 1.29 is 9.47 Å². The number of anilines is 1.